The quantitative estimate of drug-likeness (QED) is 0.865. The SMILES string of the molecule is O=C(Cc1ccc2ccccc2c1)N[C@@H]1CCOC1=O. The van der Waals surface area contributed by atoms with Gasteiger partial charge in [-0.1, -0.05) is 42.5 Å². The molecular weight excluding hydrogens is 254 g/mol. The van der Waals surface area contributed by atoms with Crippen molar-refractivity contribution >= 4 is 22.6 Å². The lowest BCUT2D eigenvalue weighted by Crippen LogP contribution is -2.38. The third-order valence-corrected chi connectivity index (χ3v) is 3.45. The molecule has 0 saturated carbocycles. The molecule has 1 heterocycles. The zero-order chi connectivity index (χ0) is 13.9. The number of esters is 1. The summed E-state index contributed by atoms with van der Waals surface area (Å²) in [5.74, 6) is -0.485. The third kappa shape index (κ3) is 2.64. The number of hydrogen-bond acceptors (Lipinski definition) is 3. The number of nitrogens with one attached hydrogen (secondary N) is 1. The molecule has 4 heteroatoms. The smallest absolute Gasteiger partial charge is 0.328 e. The van der Waals surface area contributed by atoms with Gasteiger partial charge in [-0.3, -0.25) is 4.79 Å². The van der Waals surface area contributed by atoms with E-state index in [1.54, 1.807) is 0 Å². The van der Waals surface area contributed by atoms with Crippen molar-refractivity contribution in [2.75, 3.05) is 6.61 Å². The molecule has 0 bridgehead atoms. The summed E-state index contributed by atoms with van der Waals surface area (Å²) in [7, 11) is 0. The topological polar surface area (TPSA) is 55.4 Å². The van der Waals surface area contributed by atoms with E-state index in [1.165, 1.54) is 0 Å². The number of carbonyl (C=O) groups excluding carboxylic acids is 2. The third-order valence-electron chi connectivity index (χ3n) is 3.45. The van der Waals surface area contributed by atoms with E-state index in [1.807, 2.05) is 42.5 Å². The van der Waals surface area contributed by atoms with Gasteiger partial charge in [0.05, 0.1) is 13.0 Å². The van der Waals surface area contributed by atoms with E-state index in [9.17, 15) is 9.59 Å². The van der Waals surface area contributed by atoms with Crippen LogP contribution in [0.4, 0.5) is 0 Å². The van der Waals surface area contributed by atoms with Gasteiger partial charge in [-0.25, -0.2) is 4.79 Å². The van der Waals surface area contributed by atoms with Crippen molar-refractivity contribution in [2.24, 2.45) is 0 Å². The lowest BCUT2D eigenvalue weighted by molar-refractivity contribution is -0.141. The lowest BCUT2D eigenvalue weighted by Gasteiger charge is -2.09. The van der Waals surface area contributed by atoms with Gasteiger partial charge in [0, 0.05) is 6.42 Å². The number of carbonyl (C=O) groups is 2. The number of fused-ring (bicyclic) bond motifs is 1. The van der Waals surface area contributed by atoms with E-state index < -0.39 is 6.04 Å². The summed E-state index contributed by atoms with van der Waals surface area (Å²) in [5, 5.41) is 4.97. The molecule has 2 aromatic carbocycles. The molecule has 1 atom stereocenters. The van der Waals surface area contributed by atoms with Gasteiger partial charge in [-0.05, 0) is 16.3 Å². The molecule has 2 aromatic rings. The van der Waals surface area contributed by atoms with Gasteiger partial charge in [0.25, 0.3) is 0 Å². The summed E-state index contributed by atoms with van der Waals surface area (Å²) in [6, 6.07) is 13.5. The number of rotatable bonds is 3. The molecule has 0 unspecified atom stereocenters. The Kier molecular flexibility index (Phi) is 3.37. The first-order valence-corrected chi connectivity index (χ1v) is 6.66. The van der Waals surface area contributed by atoms with Crippen molar-refractivity contribution in [3.05, 3.63) is 48.0 Å². The molecule has 1 N–H and O–H groups in total. The molecule has 0 aromatic heterocycles. The van der Waals surface area contributed by atoms with Crippen LogP contribution in [0.5, 0.6) is 0 Å². The number of hydrogen-bond donors (Lipinski definition) is 1. The molecule has 1 aliphatic heterocycles. The highest BCUT2D eigenvalue weighted by Gasteiger charge is 2.27. The first-order chi connectivity index (χ1) is 9.72. The molecule has 0 aliphatic carbocycles. The normalized spacial score (nSPS) is 18.0. The molecule has 1 amide bonds. The molecule has 0 radical (unpaired) electrons. The van der Waals surface area contributed by atoms with Crippen molar-refractivity contribution in [3.63, 3.8) is 0 Å². The molecule has 4 nitrogen and oxygen atoms in total. The summed E-state index contributed by atoms with van der Waals surface area (Å²) in [6.07, 6.45) is 0.830. The Morgan fingerprint density at radius 2 is 2.00 bits per heavy atom. The summed E-state index contributed by atoms with van der Waals surface area (Å²) in [5.41, 5.74) is 0.938. The van der Waals surface area contributed by atoms with Gasteiger partial charge in [0.2, 0.25) is 5.91 Å². The van der Waals surface area contributed by atoms with Crippen LogP contribution in [0.2, 0.25) is 0 Å². The van der Waals surface area contributed by atoms with Gasteiger partial charge in [-0.15, -0.1) is 0 Å². The van der Waals surface area contributed by atoms with Crippen molar-refractivity contribution in [3.8, 4) is 0 Å². The maximum absolute atomic E-state index is 11.9. The van der Waals surface area contributed by atoms with Crippen LogP contribution in [0, 0.1) is 0 Å². The van der Waals surface area contributed by atoms with Crippen LogP contribution in [-0.2, 0) is 20.7 Å². The second-order valence-corrected chi connectivity index (χ2v) is 4.93. The van der Waals surface area contributed by atoms with Crippen LogP contribution < -0.4 is 5.32 Å². The Balaban J connectivity index is 1.69. The van der Waals surface area contributed by atoms with Crippen molar-refractivity contribution in [2.45, 2.75) is 18.9 Å². The standard InChI is InChI=1S/C16H15NO3/c18-15(17-14-7-8-20-16(14)19)10-11-5-6-12-3-1-2-4-13(12)9-11/h1-6,9,14H,7-8,10H2,(H,17,18)/t14-/m1/s1. The highest BCUT2D eigenvalue weighted by Crippen LogP contribution is 2.16. The molecule has 0 spiro atoms. The Hall–Kier alpha value is -2.36. The second-order valence-electron chi connectivity index (χ2n) is 4.93. The Morgan fingerprint density at radius 3 is 2.75 bits per heavy atom. The van der Waals surface area contributed by atoms with Gasteiger partial charge in [-0.2, -0.15) is 0 Å². The van der Waals surface area contributed by atoms with Crippen molar-refractivity contribution in [1.29, 1.82) is 0 Å². The van der Waals surface area contributed by atoms with Crippen LogP contribution in [0.15, 0.2) is 42.5 Å². The number of ether oxygens (including phenoxy) is 1. The molecule has 1 saturated heterocycles. The van der Waals surface area contributed by atoms with Crippen LogP contribution in [0.1, 0.15) is 12.0 Å². The van der Waals surface area contributed by atoms with Crippen LogP contribution in [0.3, 0.4) is 0 Å². The zero-order valence-corrected chi connectivity index (χ0v) is 11.0. The van der Waals surface area contributed by atoms with Crippen molar-refractivity contribution < 1.29 is 14.3 Å². The van der Waals surface area contributed by atoms with Crippen LogP contribution in [-0.4, -0.2) is 24.5 Å². The van der Waals surface area contributed by atoms with E-state index in [0.717, 1.165) is 16.3 Å². The predicted octanol–water partition coefficient (Wildman–Crippen LogP) is 1.81. The second kappa shape index (κ2) is 5.33. The molecule has 1 aliphatic rings. The van der Waals surface area contributed by atoms with Gasteiger partial charge >= 0.3 is 5.97 Å². The minimum absolute atomic E-state index is 0.149. The molecule has 1 fully saturated rings. The number of benzene rings is 2. The number of cyclic esters (lactones) is 1. The predicted molar refractivity (Wildman–Crippen MR) is 75.2 cm³/mol. The summed E-state index contributed by atoms with van der Waals surface area (Å²) >= 11 is 0. The van der Waals surface area contributed by atoms with E-state index >= 15 is 0 Å². The first kappa shape index (κ1) is 12.7. The average molecular weight is 269 g/mol. The van der Waals surface area contributed by atoms with Crippen molar-refractivity contribution in [1.82, 2.24) is 5.32 Å². The summed E-state index contributed by atoms with van der Waals surface area (Å²) < 4.78 is 4.82. The highest BCUT2D eigenvalue weighted by atomic mass is 16.5. The Bertz CT molecular complexity index is 666. The maximum atomic E-state index is 11.9. The fraction of sp³-hybridized carbons (Fsp3) is 0.250. The fourth-order valence-corrected chi connectivity index (χ4v) is 2.41. The lowest BCUT2D eigenvalue weighted by atomic mass is 10.0. The Morgan fingerprint density at radius 1 is 1.20 bits per heavy atom. The summed E-state index contributed by atoms with van der Waals surface area (Å²) in [4.78, 5) is 23.2. The van der Waals surface area contributed by atoms with E-state index in [0.29, 0.717) is 13.0 Å². The molecular formula is C16H15NO3. The average Bonchev–Trinajstić information content (AvgIpc) is 2.84. The zero-order valence-electron chi connectivity index (χ0n) is 11.0. The van der Waals surface area contributed by atoms with E-state index in [2.05, 4.69) is 5.32 Å². The van der Waals surface area contributed by atoms with Gasteiger partial charge in [0.15, 0.2) is 0 Å². The van der Waals surface area contributed by atoms with E-state index in [4.69, 9.17) is 4.74 Å². The minimum Gasteiger partial charge on any atom is -0.464 e. The van der Waals surface area contributed by atoms with Gasteiger partial charge < -0.3 is 10.1 Å². The van der Waals surface area contributed by atoms with Crippen LogP contribution in [0.25, 0.3) is 10.8 Å². The highest BCUT2D eigenvalue weighted by molar-refractivity contribution is 5.88. The molecule has 3 rings (SSSR count). The largest absolute Gasteiger partial charge is 0.464 e. The molecule has 102 valence electrons. The maximum Gasteiger partial charge on any atom is 0.328 e. The fourth-order valence-electron chi connectivity index (χ4n) is 2.41. The summed E-state index contributed by atoms with van der Waals surface area (Å²) in [6.45, 7) is 0.389. The minimum atomic E-state index is -0.483. The molecule has 20 heavy (non-hydrogen) atoms. The first-order valence-electron chi connectivity index (χ1n) is 6.66. The monoisotopic (exact) mass is 269 g/mol. The Labute approximate surface area is 116 Å². The van der Waals surface area contributed by atoms with Gasteiger partial charge in [0.1, 0.15) is 6.04 Å². The number of amides is 1. The van der Waals surface area contributed by atoms with Crippen LogP contribution >= 0.6 is 0 Å². The van der Waals surface area contributed by atoms with E-state index in [-0.39, 0.29) is 18.3 Å².